The molecule has 1 N–H and O–H groups in total. The molecule has 0 aromatic carbocycles. The first-order valence-corrected chi connectivity index (χ1v) is 5.51. The van der Waals surface area contributed by atoms with Crippen molar-refractivity contribution in [2.45, 2.75) is 33.1 Å². The van der Waals surface area contributed by atoms with Crippen LogP contribution in [0.15, 0.2) is 0 Å². The fourth-order valence-corrected chi connectivity index (χ4v) is 2.49. The third-order valence-corrected chi connectivity index (χ3v) is 3.34. The van der Waals surface area contributed by atoms with Gasteiger partial charge in [-0.1, -0.05) is 26.7 Å². The Kier molecular flexibility index (Phi) is 4.20. The summed E-state index contributed by atoms with van der Waals surface area (Å²) in [4.78, 5) is 0. The van der Waals surface area contributed by atoms with Crippen LogP contribution in [-0.4, -0.2) is 26.8 Å². The molecule has 1 fully saturated rings. The molecule has 0 saturated carbocycles. The lowest BCUT2D eigenvalue weighted by atomic mass is 9.69. The quantitative estimate of drug-likeness (QED) is 0.684. The molecule has 0 amide bonds. The highest BCUT2D eigenvalue weighted by Gasteiger charge is 2.43. The minimum absolute atomic E-state index is 0.506. The van der Waals surface area contributed by atoms with Crippen LogP contribution in [0, 0.1) is 11.3 Å². The zero-order chi connectivity index (χ0) is 9.73. The molecule has 13 heavy (non-hydrogen) atoms. The minimum atomic E-state index is 0.506. The van der Waals surface area contributed by atoms with Crippen LogP contribution >= 0.6 is 0 Å². The third kappa shape index (κ3) is 2.23. The standard InChI is InChI=1S/C11H23NO/c1-4-6-11(8-13-9-11)10(5-2)7-12-3/h10,12H,4-9H2,1-3H3. The minimum Gasteiger partial charge on any atom is -0.380 e. The molecular weight excluding hydrogens is 162 g/mol. The van der Waals surface area contributed by atoms with Crippen molar-refractivity contribution in [3.63, 3.8) is 0 Å². The number of hydrogen-bond donors (Lipinski definition) is 1. The number of rotatable bonds is 6. The molecule has 0 aromatic rings. The van der Waals surface area contributed by atoms with Crippen molar-refractivity contribution in [3.05, 3.63) is 0 Å². The smallest absolute Gasteiger partial charge is 0.0547 e. The summed E-state index contributed by atoms with van der Waals surface area (Å²) in [6, 6.07) is 0. The van der Waals surface area contributed by atoms with Crippen molar-refractivity contribution in [2.24, 2.45) is 11.3 Å². The van der Waals surface area contributed by atoms with Gasteiger partial charge in [0.15, 0.2) is 0 Å². The molecule has 0 aliphatic carbocycles. The van der Waals surface area contributed by atoms with Crippen LogP contribution in [0.2, 0.25) is 0 Å². The second-order valence-corrected chi connectivity index (χ2v) is 4.27. The van der Waals surface area contributed by atoms with Crippen LogP contribution in [0.4, 0.5) is 0 Å². The van der Waals surface area contributed by atoms with E-state index in [-0.39, 0.29) is 0 Å². The Hall–Kier alpha value is -0.0800. The van der Waals surface area contributed by atoms with Gasteiger partial charge < -0.3 is 10.1 Å². The molecule has 1 unspecified atom stereocenters. The summed E-state index contributed by atoms with van der Waals surface area (Å²) >= 11 is 0. The average Bonchev–Trinajstić information content (AvgIpc) is 2.08. The Bertz CT molecular complexity index is 143. The number of nitrogens with one attached hydrogen (secondary N) is 1. The second-order valence-electron chi connectivity index (χ2n) is 4.27. The van der Waals surface area contributed by atoms with E-state index < -0.39 is 0 Å². The van der Waals surface area contributed by atoms with Crippen molar-refractivity contribution >= 4 is 0 Å². The van der Waals surface area contributed by atoms with Crippen molar-refractivity contribution < 1.29 is 4.74 Å². The summed E-state index contributed by atoms with van der Waals surface area (Å²) in [6.07, 6.45) is 3.88. The SMILES string of the molecule is CCCC1(C(CC)CNC)COC1. The summed E-state index contributed by atoms with van der Waals surface area (Å²) in [6.45, 7) is 7.67. The van der Waals surface area contributed by atoms with Crippen LogP contribution in [0.1, 0.15) is 33.1 Å². The molecule has 1 saturated heterocycles. The molecule has 1 heterocycles. The van der Waals surface area contributed by atoms with Gasteiger partial charge in [-0.05, 0) is 25.9 Å². The predicted octanol–water partition coefficient (Wildman–Crippen LogP) is 2.05. The summed E-state index contributed by atoms with van der Waals surface area (Å²) < 4.78 is 5.39. The van der Waals surface area contributed by atoms with Crippen molar-refractivity contribution in [1.82, 2.24) is 5.32 Å². The van der Waals surface area contributed by atoms with E-state index in [9.17, 15) is 0 Å². The Morgan fingerprint density at radius 2 is 2.08 bits per heavy atom. The van der Waals surface area contributed by atoms with E-state index in [1.54, 1.807) is 0 Å². The zero-order valence-electron chi connectivity index (χ0n) is 9.23. The molecule has 1 aliphatic rings. The largest absolute Gasteiger partial charge is 0.380 e. The van der Waals surface area contributed by atoms with Gasteiger partial charge in [0.2, 0.25) is 0 Å². The highest BCUT2D eigenvalue weighted by atomic mass is 16.5. The van der Waals surface area contributed by atoms with Crippen LogP contribution in [0.25, 0.3) is 0 Å². The van der Waals surface area contributed by atoms with Gasteiger partial charge in [-0.3, -0.25) is 0 Å². The summed E-state index contributed by atoms with van der Waals surface area (Å²) in [5.74, 6) is 0.797. The normalized spacial score (nSPS) is 22.4. The lowest BCUT2D eigenvalue weighted by Gasteiger charge is -2.47. The molecule has 0 spiro atoms. The first-order chi connectivity index (χ1) is 6.29. The Morgan fingerprint density at radius 1 is 1.38 bits per heavy atom. The Balaban J connectivity index is 2.50. The van der Waals surface area contributed by atoms with Gasteiger partial charge in [-0.2, -0.15) is 0 Å². The number of hydrogen-bond acceptors (Lipinski definition) is 2. The third-order valence-electron chi connectivity index (χ3n) is 3.34. The van der Waals surface area contributed by atoms with E-state index in [0.29, 0.717) is 5.41 Å². The van der Waals surface area contributed by atoms with Gasteiger partial charge in [0.1, 0.15) is 0 Å². The van der Waals surface area contributed by atoms with Crippen molar-refractivity contribution in [3.8, 4) is 0 Å². The molecule has 2 heteroatoms. The first kappa shape index (κ1) is 11.0. The Labute approximate surface area is 82.0 Å². The van der Waals surface area contributed by atoms with Gasteiger partial charge in [-0.25, -0.2) is 0 Å². The fraction of sp³-hybridized carbons (Fsp3) is 1.00. The second kappa shape index (κ2) is 4.97. The monoisotopic (exact) mass is 185 g/mol. The van der Waals surface area contributed by atoms with Gasteiger partial charge in [0, 0.05) is 5.41 Å². The molecule has 0 aromatic heterocycles. The van der Waals surface area contributed by atoms with E-state index in [1.807, 2.05) is 7.05 Å². The predicted molar refractivity (Wildman–Crippen MR) is 55.9 cm³/mol. The van der Waals surface area contributed by atoms with E-state index in [4.69, 9.17) is 4.74 Å². The van der Waals surface area contributed by atoms with Crippen LogP contribution in [-0.2, 0) is 4.74 Å². The number of ether oxygens (including phenoxy) is 1. The molecule has 78 valence electrons. The lowest BCUT2D eigenvalue weighted by Crippen LogP contribution is -2.50. The Morgan fingerprint density at radius 3 is 2.38 bits per heavy atom. The molecular formula is C11H23NO. The molecule has 1 aliphatic heterocycles. The maximum absolute atomic E-state index is 5.39. The van der Waals surface area contributed by atoms with E-state index in [2.05, 4.69) is 19.2 Å². The van der Waals surface area contributed by atoms with Crippen LogP contribution < -0.4 is 5.32 Å². The molecule has 1 atom stereocenters. The summed E-state index contributed by atoms with van der Waals surface area (Å²) in [5, 5.41) is 3.30. The molecule has 0 radical (unpaired) electrons. The first-order valence-electron chi connectivity index (χ1n) is 5.51. The molecule has 1 rings (SSSR count). The van der Waals surface area contributed by atoms with Crippen LogP contribution in [0.5, 0.6) is 0 Å². The summed E-state index contributed by atoms with van der Waals surface area (Å²) in [5.41, 5.74) is 0.506. The lowest BCUT2D eigenvalue weighted by molar-refractivity contribution is -0.150. The maximum Gasteiger partial charge on any atom is 0.0547 e. The van der Waals surface area contributed by atoms with Gasteiger partial charge in [0.05, 0.1) is 13.2 Å². The van der Waals surface area contributed by atoms with E-state index in [1.165, 1.54) is 19.3 Å². The highest BCUT2D eigenvalue weighted by molar-refractivity contribution is 4.91. The highest BCUT2D eigenvalue weighted by Crippen LogP contribution is 2.41. The maximum atomic E-state index is 5.39. The average molecular weight is 185 g/mol. The zero-order valence-corrected chi connectivity index (χ0v) is 9.23. The molecule has 0 bridgehead atoms. The van der Waals surface area contributed by atoms with Gasteiger partial charge in [-0.15, -0.1) is 0 Å². The fourth-order valence-electron chi connectivity index (χ4n) is 2.49. The van der Waals surface area contributed by atoms with E-state index >= 15 is 0 Å². The van der Waals surface area contributed by atoms with E-state index in [0.717, 1.165) is 25.7 Å². The molecule has 2 nitrogen and oxygen atoms in total. The van der Waals surface area contributed by atoms with Gasteiger partial charge >= 0.3 is 0 Å². The topological polar surface area (TPSA) is 21.3 Å². The van der Waals surface area contributed by atoms with Crippen molar-refractivity contribution in [2.75, 3.05) is 26.8 Å². The van der Waals surface area contributed by atoms with Gasteiger partial charge in [0.25, 0.3) is 0 Å². The van der Waals surface area contributed by atoms with Crippen LogP contribution in [0.3, 0.4) is 0 Å². The summed E-state index contributed by atoms with van der Waals surface area (Å²) in [7, 11) is 2.04. The van der Waals surface area contributed by atoms with Crippen molar-refractivity contribution in [1.29, 1.82) is 0 Å².